The second kappa shape index (κ2) is 5.48. The molecule has 6 heteroatoms. The van der Waals surface area contributed by atoms with Crippen LogP contribution in [0.4, 0.5) is 0 Å². The maximum Gasteiger partial charge on any atom is 0.237 e. The quantitative estimate of drug-likeness (QED) is 0.829. The van der Waals surface area contributed by atoms with Crippen LogP contribution in [0.15, 0.2) is 30.6 Å². The monoisotopic (exact) mass is 252 g/mol. The average molecular weight is 252 g/mol. The first-order valence-corrected chi connectivity index (χ1v) is 5.24. The van der Waals surface area contributed by atoms with Gasteiger partial charge in [-0.05, 0) is 12.1 Å². The lowest BCUT2D eigenvalue weighted by molar-refractivity contribution is 0.407. The lowest BCUT2D eigenvalue weighted by Gasteiger charge is -2.06. The normalized spacial score (nSPS) is 9.21. The number of nitrogens with zero attached hydrogens (tertiary/aromatic N) is 4. The Labute approximate surface area is 109 Å². The minimum absolute atomic E-state index is 0.204. The van der Waals surface area contributed by atoms with Crippen molar-refractivity contribution in [3.05, 3.63) is 41.9 Å². The van der Waals surface area contributed by atoms with Crippen molar-refractivity contribution in [1.29, 1.82) is 10.5 Å². The molecule has 0 spiro atoms. The van der Waals surface area contributed by atoms with E-state index in [1.807, 2.05) is 12.1 Å². The Kier molecular flexibility index (Phi) is 3.56. The van der Waals surface area contributed by atoms with Gasteiger partial charge in [0.05, 0.1) is 31.1 Å². The summed E-state index contributed by atoms with van der Waals surface area (Å²) >= 11 is 0. The van der Waals surface area contributed by atoms with Crippen molar-refractivity contribution in [3.8, 4) is 29.5 Å². The highest BCUT2D eigenvalue weighted by atomic mass is 16.5. The zero-order valence-corrected chi connectivity index (χ0v) is 9.99. The first-order valence-electron chi connectivity index (χ1n) is 5.24. The summed E-state index contributed by atoms with van der Waals surface area (Å²) < 4.78 is 10.5. The van der Waals surface area contributed by atoms with Gasteiger partial charge in [-0.25, -0.2) is 9.97 Å². The molecule has 2 aromatic rings. The van der Waals surface area contributed by atoms with Crippen LogP contribution >= 0.6 is 0 Å². The lowest BCUT2D eigenvalue weighted by Crippen LogP contribution is -1.92. The number of hydrogen-bond donors (Lipinski definition) is 0. The number of hydrogen-bond acceptors (Lipinski definition) is 6. The molecule has 19 heavy (non-hydrogen) atoms. The average Bonchev–Trinajstić information content (AvgIpc) is 2.47. The van der Waals surface area contributed by atoms with Gasteiger partial charge in [-0.1, -0.05) is 0 Å². The first-order chi connectivity index (χ1) is 9.25. The number of rotatable bonds is 3. The van der Waals surface area contributed by atoms with Crippen molar-refractivity contribution >= 4 is 0 Å². The minimum atomic E-state index is 0.204. The molecule has 0 bridgehead atoms. The SMILES string of the molecule is COc1cc(C#N)cc(Oc2cnc(C#N)cn2)c1. The summed E-state index contributed by atoms with van der Waals surface area (Å²) in [5.41, 5.74) is 0.617. The van der Waals surface area contributed by atoms with E-state index in [-0.39, 0.29) is 11.6 Å². The number of benzene rings is 1. The molecule has 6 nitrogen and oxygen atoms in total. The lowest BCUT2D eigenvalue weighted by atomic mass is 10.2. The van der Waals surface area contributed by atoms with Gasteiger partial charge >= 0.3 is 0 Å². The predicted octanol–water partition coefficient (Wildman–Crippen LogP) is 2.02. The topological polar surface area (TPSA) is 91.8 Å². The Morgan fingerprint density at radius 1 is 1.00 bits per heavy atom. The smallest absolute Gasteiger partial charge is 0.237 e. The van der Waals surface area contributed by atoms with E-state index in [1.165, 1.54) is 19.5 Å². The third kappa shape index (κ3) is 2.96. The van der Waals surface area contributed by atoms with Crippen molar-refractivity contribution in [2.45, 2.75) is 0 Å². The van der Waals surface area contributed by atoms with Crippen molar-refractivity contribution in [2.24, 2.45) is 0 Å². The second-order valence-electron chi connectivity index (χ2n) is 3.46. The molecule has 92 valence electrons. The number of aromatic nitrogens is 2. The molecule has 1 heterocycles. The van der Waals surface area contributed by atoms with Crippen molar-refractivity contribution in [3.63, 3.8) is 0 Å². The Morgan fingerprint density at radius 3 is 2.37 bits per heavy atom. The van der Waals surface area contributed by atoms with E-state index in [2.05, 4.69) is 9.97 Å². The molecule has 0 atom stereocenters. The Morgan fingerprint density at radius 2 is 1.79 bits per heavy atom. The van der Waals surface area contributed by atoms with Crippen LogP contribution < -0.4 is 9.47 Å². The molecular formula is C13H8N4O2. The van der Waals surface area contributed by atoms with Gasteiger partial charge in [0.25, 0.3) is 0 Å². The van der Waals surface area contributed by atoms with Gasteiger partial charge < -0.3 is 9.47 Å². The maximum absolute atomic E-state index is 8.89. The van der Waals surface area contributed by atoms with Crippen LogP contribution in [-0.4, -0.2) is 17.1 Å². The number of nitriles is 2. The molecule has 0 N–H and O–H groups in total. The van der Waals surface area contributed by atoms with Crippen LogP contribution in [0.5, 0.6) is 17.4 Å². The third-order valence-corrected chi connectivity index (χ3v) is 2.21. The zero-order valence-electron chi connectivity index (χ0n) is 9.99. The van der Waals surface area contributed by atoms with Gasteiger partial charge in [-0.3, -0.25) is 0 Å². The summed E-state index contributed by atoms with van der Waals surface area (Å²) in [4.78, 5) is 7.76. The molecule has 0 radical (unpaired) electrons. The van der Waals surface area contributed by atoms with Crippen LogP contribution in [-0.2, 0) is 0 Å². The van der Waals surface area contributed by atoms with Gasteiger partial charge in [0.2, 0.25) is 5.88 Å². The van der Waals surface area contributed by atoms with Gasteiger partial charge in [0.1, 0.15) is 17.6 Å². The molecule has 0 aliphatic heterocycles. The van der Waals surface area contributed by atoms with Crippen LogP contribution in [0.25, 0.3) is 0 Å². The molecular weight excluding hydrogens is 244 g/mol. The fraction of sp³-hybridized carbons (Fsp3) is 0.0769. The van der Waals surface area contributed by atoms with E-state index in [0.29, 0.717) is 17.1 Å². The molecule has 1 aromatic heterocycles. The molecule has 0 fully saturated rings. The Hall–Kier alpha value is -3.12. The van der Waals surface area contributed by atoms with Gasteiger partial charge in [-0.2, -0.15) is 10.5 Å². The van der Waals surface area contributed by atoms with E-state index in [1.54, 1.807) is 18.2 Å². The van der Waals surface area contributed by atoms with Crippen molar-refractivity contribution in [1.82, 2.24) is 9.97 Å². The third-order valence-electron chi connectivity index (χ3n) is 2.21. The molecule has 1 aromatic carbocycles. The summed E-state index contributed by atoms with van der Waals surface area (Å²) in [5.74, 6) is 1.15. The van der Waals surface area contributed by atoms with Crippen LogP contribution in [0.2, 0.25) is 0 Å². The molecule has 0 saturated carbocycles. The summed E-state index contributed by atoms with van der Waals surface area (Å²) in [6, 6.07) is 8.65. The van der Waals surface area contributed by atoms with E-state index >= 15 is 0 Å². The molecule has 0 amide bonds. The predicted molar refractivity (Wildman–Crippen MR) is 64.5 cm³/mol. The highest BCUT2D eigenvalue weighted by Crippen LogP contribution is 2.25. The molecule has 0 aliphatic carbocycles. The summed E-state index contributed by atoms with van der Waals surface area (Å²) in [5, 5.41) is 17.5. The summed E-state index contributed by atoms with van der Waals surface area (Å²) in [7, 11) is 1.50. The van der Waals surface area contributed by atoms with E-state index in [9.17, 15) is 0 Å². The number of methoxy groups -OCH3 is 1. The zero-order chi connectivity index (χ0) is 13.7. The highest BCUT2D eigenvalue weighted by molar-refractivity contribution is 5.44. The molecule has 0 saturated heterocycles. The standard InChI is InChI=1S/C13H8N4O2/c1-18-11-2-9(5-14)3-12(4-11)19-13-8-16-10(6-15)7-17-13/h2-4,7-8H,1H3. The van der Waals surface area contributed by atoms with Gasteiger partial charge in [0, 0.05) is 6.07 Å². The van der Waals surface area contributed by atoms with E-state index < -0.39 is 0 Å². The van der Waals surface area contributed by atoms with Crippen molar-refractivity contribution < 1.29 is 9.47 Å². The first kappa shape index (κ1) is 12.3. The van der Waals surface area contributed by atoms with E-state index in [0.717, 1.165) is 0 Å². The van der Waals surface area contributed by atoms with Gasteiger partial charge in [0.15, 0.2) is 5.69 Å². The Balaban J connectivity index is 2.27. The summed E-state index contributed by atoms with van der Waals surface area (Å²) in [6.07, 6.45) is 2.64. The molecule has 0 aliphatic rings. The Bertz CT molecular complexity index is 669. The largest absolute Gasteiger partial charge is 0.497 e. The van der Waals surface area contributed by atoms with Crippen LogP contribution in [0, 0.1) is 22.7 Å². The summed E-state index contributed by atoms with van der Waals surface area (Å²) in [6.45, 7) is 0. The molecule has 0 unspecified atom stereocenters. The van der Waals surface area contributed by atoms with Crippen molar-refractivity contribution in [2.75, 3.05) is 7.11 Å². The molecule has 2 rings (SSSR count). The van der Waals surface area contributed by atoms with E-state index in [4.69, 9.17) is 20.0 Å². The van der Waals surface area contributed by atoms with Gasteiger partial charge in [-0.15, -0.1) is 0 Å². The maximum atomic E-state index is 8.89. The van der Waals surface area contributed by atoms with Crippen LogP contribution in [0.1, 0.15) is 11.3 Å². The number of ether oxygens (including phenoxy) is 2. The fourth-order valence-electron chi connectivity index (χ4n) is 1.36. The van der Waals surface area contributed by atoms with Crippen LogP contribution in [0.3, 0.4) is 0 Å². The minimum Gasteiger partial charge on any atom is -0.497 e. The second-order valence-corrected chi connectivity index (χ2v) is 3.46. The highest BCUT2D eigenvalue weighted by Gasteiger charge is 2.05. The fourth-order valence-corrected chi connectivity index (χ4v) is 1.36.